The quantitative estimate of drug-likeness (QED) is 0.603. The molecule has 68 valence electrons. The third kappa shape index (κ3) is 1.57. The van der Waals surface area contributed by atoms with Crippen LogP contribution in [-0.4, -0.2) is 11.5 Å². The normalized spacial score (nSPS) is 16.0. The van der Waals surface area contributed by atoms with Gasteiger partial charge in [-0.25, -0.2) is 0 Å². The molecule has 0 radical (unpaired) electrons. The minimum Gasteiger partial charge on any atom is -0.328 e. The molecule has 0 bridgehead atoms. The highest BCUT2D eigenvalue weighted by atomic mass is 32.1. The third-order valence-corrected chi connectivity index (χ3v) is 3.03. The number of hydrogen-bond acceptors (Lipinski definition) is 4. The molecule has 5 N–H and O–H groups in total. The molecule has 1 aromatic heterocycles. The van der Waals surface area contributed by atoms with Gasteiger partial charge in [0.15, 0.2) is 0 Å². The summed E-state index contributed by atoms with van der Waals surface area (Å²) >= 11 is 1.13. The molecule has 5 heteroatoms. The molecule has 0 saturated carbocycles. The van der Waals surface area contributed by atoms with E-state index in [0.29, 0.717) is 6.54 Å². The summed E-state index contributed by atoms with van der Waals surface area (Å²) in [4.78, 5) is 14.4. The minimum absolute atomic E-state index is 0.0763. The molecular weight excluding hydrogens is 174 g/mol. The van der Waals surface area contributed by atoms with Crippen molar-refractivity contribution in [2.24, 2.45) is 11.5 Å². The van der Waals surface area contributed by atoms with E-state index in [1.165, 1.54) is 0 Å². The Morgan fingerprint density at radius 3 is 2.58 bits per heavy atom. The fourth-order valence-electron chi connectivity index (χ4n) is 1.04. The molecule has 0 aromatic carbocycles. The zero-order chi connectivity index (χ0) is 9.35. The van der Waals surface area contributed by atoms with Crippen molar-refractivity contribution in [3.63, 3.8) is 0 Å². The molecule has 0 aliphatic carbocycles. The molecule has 1 atom stereocenters. The first kappa shape index (κ1) is 9.44. The second-order valence-electron chi connectivity index (χ2n) is 3.09. The van der Waals surface area contributed by atoms with Gasteiger partial charge in [-0.15, -0.1) is 0 Å². The number of H-pyrrole nitrogens is 1. The molecule has 0 aliphatic heterocycles. The van der Waals surface area contributed by atoms with Crippen LogP contribution in [0.3, 0.4) is 0 Å². The van der Waals surface area contributed by atoms with E-state index in [9.17, 15) is 4.79 Å². The summed E-state index contributed by atoms with van der Waals surface area (Å²) < 4.78 is 0. The van der Waals surface area contributed by atoms with Crippen molar-refractivity contribution < 1.29 is 0 Å². The first-order valence-electron chi connectivity index (χ1n) is 3.66. The van der Waals surface area contributed by atoms with Crippen LogP contribution in [0, 0.1) is 6.92 Å². The Kier molecular flexibility index (Phi) is 2.36. The largest absolute Gasteiger partial charge is 0.328 e. The summed E-state index contributed by atoms with van der Waals surface area (Å²) in [6, 6.07) is 0. The van der Waals surface area contributed by atoms with Gasteiger partial charge in [-0.2, -0.15) is 0 Å². The Hall–Kier alpha value is -0.650. The van der Waals surface area contributed by atoms with Gasteiger partial charge in [0.1, 0.15) is 0 Å². The summed E-state index contributed by atoms with van der Waals surface area (Å²) in [5.41, 5.74) is 11.6. The summed E-state index contributed by atoms with van der Waals surface area (Å²) in [5, 5.41) is 0. The smallest absolute Gasteiger partial charge is 0.304 e. The molecular formula is C7H13N3OS. The van der Waals surface area contributed by atoms with Crippen LogP contribution < -0.4 is 16.3 Å². The second-order valence-corrected chi connectivity index (χ2v) is 4.07. The van der Waals surface area contributed by atoms with Crippen LogP contribution in [0.5, 0.6) is 0 Å². The van der Waals surface area contributed by atoms with E-state index in [4.69, 9.17) is 11.5 Å². The number of aromatic nitrogens is 1. The minimum atomic E-state index is -0.589. The molecule has 1 unspecified atom stereocenters. The molecule has 0 aliphatic rings. The maximum atomic E-state index is 10.9. The SMILES string of the molecule is Cc1[nH]c(=O)sc1C(C)(N)CN. The predicted molar refractivity (Wildman–Crippen MR) is 50.3 cm³/mol. The number of aromatic amines is 1. The number of aryl methyl sites for hydroxylation is 1. The average Bonchev–Trinajstić information content (AvgIpc) is 2.31. The van der Waals surface area contributed by atoms with E-state index < -0.39 is 5.54 Å². The maximum Gasteiger partial charge on any atom is 0.304 e. The van der Waals surface area contributed by atoms with Crippen molar-refractivity contribution in [1.82, 2.24) is 4.98 Å². The van der Waals surface area contributed by atoms with Crippen LogP contribution in [0.1, 0.15) is 17.5 Å². The van der Waals surface area contributed by atoms with Crippen LogP contribution in [0.4, 0.5) is 0 Å². The van der Waals surface area contributed by atoms with Gasteiger partial charge in [0.25, 0.3) is 0 Å². The third-order valence-electron chi connectivity index (χ3n) is 1.77. The van der Waals surface area contributed by atoms with E-state index in [1.54, 1.807) is 0 Å². The molecule has 0 saturated heterocycles. The van der Waals surface area contributed by atoms with Crippen LogP contribution in [0.2, 0.25) is 0 Å². The Morgan fingerprint density at radius 1 is 1.67 bits per heavy atom. The summed E-state index contributed by atoms with van der Waals surface area (Å²) in [6.07, 6.45) is 0. The van der Waals surface area contributed by atoms with Gasteiger partial charge in [0.05, 0.1) is 5.54 Å². The number of rotatable bonds is 2. The Labute approximate surface area is 74.6 Å². The van der Waals surface area contributed by atoms with Crippen molar-refractivity contribution in [2.45, 2.75) is 19.4 Å². The van der Waals surface area contributed by atoms with Gasteiger partial charge in [0, 0.05) is 17.1 Å². The maximum absolute atomic E-state index is 10.9. The number of nitrogens with two attached hydrogens (primary N) is 2. The summed E-state index contributed by atoms with van der Waals surface area (Å²) in [7, 11) is 0. The molecule has 1 rings (SSSR count). The average molecular weight is 187 g/mol. The van der Waals surface area contributed by atoms with Crippen LogP contribution in [0.15, 0.2) is 4.79 Å². The first-order chi connectivity index (χ1) is 5.47. The molecule has 12 heavy (non-hydrogen) atoms. The Bertz CT molecular complexity index is 326. The van der Waals surface area contributed by atoms with Gasteiger partial charge < -0.3 is 16.5 Å². The van der Waals surface area contributed by atoms with E-state index >= 15 is 0 Å². The van der Waals surface area contributed by atoms with Crippen molar-refractivity contribution in [2.75, 3.05) is 6.54 Å². The lowest BCUT2D eigenvalue weighted by molar-refractivity contribution is 0.514. The van der Waals surface area contributed by atoms with E-state index in [0.717, 1.165) is 21.9 Å². The van der Waals surface area contributed by atoms with Gasteiger partial charge in [-0.1, -0.05) is 11.3 Å². The molecule has 0 spiro atoms. The van der Waals surface area contributed by atoms with Gasteiger partial charge in [-0.05, 0) is 13.8 Å². The monoisotopic (exact) mass is 187 g/mol. The Balaban J connectivity index is 3.18. The molecule has 1 heterocycles. The highest BCUT2D eigenvalue weighted by molar-refractivity contribution is 7.09. The first-order valence-corrected chi connectivity index (χ1v) is 4.48. The van der Waals surface area contributed by atoms with Crippen LogP contribution in [-0.2, 0) is 5.54 Å². The lowest BCUT2D eigenvalue weighted by atomic mass is 10.0. The van der Waals surface area contributed by atoms with Crippen molar-refractivity contribution >= 4 is 11.3 Å². The summed E-state index contributed by atoms with van der Waals surface area (Å²) in [6.45, 7) is 3.98. The standard InChI is InChI=1S/C7H13N3OS/c1-4-5(7(2,9)3-8)12-6(11)10-4/h3,8-9H2,1-2H3,(H,10,11). The van der Waals surface area contributed by atoms with Crippen LogP contribution in [0.25, 0.3) is 0 Å². The van der Waals surface area contributed by atoms with Crippen LogP contribution >= 0.6 is 11.3 Å². The fraction of sp³-hybridized carbons (Fsp3) is 0.571. The lowest BCUT2D eigenvalue weighted by Crippen LogP contribution is -2.40. The predicted octanol–water partition coefficient (Wildman–Crippen LogP) is -0.123. The van der Waals surface area contributed by atoms with Crippen molar-refractivity contribution in [3.05, 3.63) is 20.2 Å². The molecule has 0 fully saturated rings. The van der Waals surface area contributed by atoms with Gasteiger partial charge in [0.2, 0.25) is 0 Å². The number of hydrogen-bond donors (Lipinski definition) is 3. The molecule has 0 amide bonds. The van der Waals surface area contributed by atoms with E-state index in [-0.39, 0.29) is 4.87 Å². The zero-order valence-electron chi connectivity index (χ0n) is 7.18. The van der Waals surface area contributed by atoms with Crippen molar-refractivity contribution in [3.8, 4) is 0 Å². The highest BCUT2D eigenvalue weighted by Crippen LogP contribution is 2.21. The molecule has 4 nitrogen and oxygen atoms in total. The van der Waals surface area contributed by atoms with E-state index in [1.807, 2.05) is 13.8 Å². The fourth-order valence-corrected chi connectivity index (χ4v) is 1.95. The highest BCUT2D eigenvalue weighted by Gasteiger charge is 2.23. The second kappa shape index (κ2) is 3.01. The topological polar surface area (TPSA) is 84.9 Å². The lowest BCUT2D eigenvalue weighted by Gasteiger charge is -2.20. The zero-order valence-corrected chi connectivity index (χ0v) is 7.99. The van der Waals surface area contributed by atoms with E-state index in [2.05, 4.69) is 4.98 Å². The van der Waals surface area contributed by atoms with Crippen molar-refractivity contribution in [1.29, 1.82) is 0 Å². The molecule has 1 aromatic rings. The van der Waals surface area contributed by atoms with Gasteiger partial charge in [-0.3, -0.25) is 4.79 Å². The summed E-state index contributed by atoms with van der Waals surface area (Å²) in [5.74, 6) is 0. The van der Waals surface area contributed by atoms with Gasteiger partial charge >= 0.3 is 4.87 Å². The number of nitrogens with one attached hydrogen (secondary N) is 1. The Morgan fingerprint density at radius 2 is 2.25 bits per heavy atom. The number of thiazole rings is 1.